The highest BCUT2D eigenvalue weighted by molar-refractivity contribution is 5.89. The van der Waals surface area contributed by atoms with Crippen molar-refractivity contribution in [2.45, 2.75) is 71.9 Å². The molecule has 0 aromatic rings. The molecule has 0 radical (unpaired) electrons. The molecular weight excluding hydrogens is 324 g/mol. The number of halogens is 1. The largest absolute Gasteiger partial charge is 0.377 e. The summed E-state index contributed by atoms with van der Waals surface area (Å²) in [6.07, 6.45) is 4.38. The van der Waals surface area contributed by atoms with E-state index in [9.17, 15) is 4.79 Å². The zero-order valence-electron chi connectivity index (χ0n) is 15.9. The van der Waals surface area contributed by atoms with E-state index in [2.05, 4.69) is 34.6 Å². The van der Waals surface area contributed by atoms with Gasteiger partial charge in [-0.25, -0.2) is 0 Å². The number of rotatable bonds is 1. The summed E-state index contributed by atoms with van der Waals surface area (Å²) < 4.78 is 5.94. The van der Waals surface area contributed by atoms with Crippen LogP contribution >= 0.6 is 12.4 Å². The van der Waals surface area contributed by atoms with E-state index in [4.69, 9.17) is 10.5 Å². The monoisotopic (exact) mass is 358 g/mol. The van der Waals surface area contributed by atoms with Crippen LogP contribution < -0.4 is 5.73 Å². The van der Waals surface area contributed by atoms with Crippen LogP contribution in [-0.2, 0) is 9.53 Å². The Morgan fingerprint density at radius 1 is 1.17 bits per heavy atom. The number of hydrogen-bond donors (Lipinski definition) is 1. The fourth-order valence-corrected chi connectivity index (χ4v) is 5.22. The molecule has 3 fully saturated rings. The Hall–Kier alpha value is -0.320. The summed E-state index contributed by atoms with van der Waals surface area (Å²) >= 11 is 0. The Labute approximate surface area is 153 Å². The molecule has 0 spiro atoms. The molecule has 0 bridgehead atoms. The van der Waals surface area contributed by atoms with Crippen molar-refractivity contribution < 1.29 is 9.53 Å². The first-order valence-corrected chi connectivity index (χ1v) is 9.30. The van der Waals surface area contributed by atoms with Crippen LogP contribution in [0.5, 0.6) is 0 Å². The van der Waals surface area contributed by atoms with Gasteiger partial charge in [0.25, 0.3) is 0 Å². The molecule has 3 rings (SSSR count). The molecule has 2 N–H and O–H groups in total. The molecule has 3 atom stereocenters. The number of nitrogens with two attached hydrogens (primary N) is 1. The van der Waals surface area contributed by atoms with Crippen molar-refractivity contribution in [1.82, 2.24) is 4.90 Å². The summed E-state index contributed by atoms with van der Waals surface area (Å²) in [5, 5.41) is 0. The van der Waals surface area contributed by atoms with Gasteiger partial charge in [-0.1, -0.05) is 34.6 Å². The summed E-state index contributed by atoms with van der Waals surface area (Å²) in [7, 11) is 0. The molecule has 24 heavy (non-hydrogen) atoms. The first kappa shape index (κ1) is 20.0. The van der Waals surface area contributed by atoms with Gasteiger partial charge >= 0.3 is 0 Å². The lowest BCUT2D eigenvalue weighted by Gasteiger charge is -2.66. The predicted octanol–water partition coefficient (Wildman–Crippen LogP) is 3.23. The summed E-state index contributed by atoms with van der Waals surface area (Å²) in [6.45, 7) is 13.7. The molecule has 2 aliphatic heterocycles. The van der Waals surface area contributed by atoms with Gasteiger partial charge in [0.05, 0.1) is 6.10 Å². The van der Waals surface area contributed by atoms with Gasteiger partial charge in [-0.2, -0.15) is 0 Å². The average molecular weight is 359 g/mol. The predicted molar refractivity (Wildman–Crippen MR) is 99.2 cm³/mol. The minimum Gasteiger partial charge on any atom is -0.377 e. The van der Waals surface area contributed by atoms with Crippen LogP contribution in [0.15, 0.2) is 0 Å². The fraction of sp³-hybridized carbons (Fsp3) is 0.947. The first-order chi connectivity index (χ1) is 10.6. The first-order valence-electron chi connectivity index (χ1n) is 9.30. The van der Waals surface area contributed by atoms with Gasteiger partial charge in [0.2, 0.25) is 5.91 Å². The Kier molecular flexibility index (Phi) is 5.37. The Morgan fingerprint density at radius 2 is 1.75 bits per heavy atom. The highest BCUT2D eigenvalue weighted by Gasteiger charge is 2.70. The van der Waals surface area contributed by atoms with Crippen molar-refractivity contribution in [1.29, 1.82) is 0 Å². The van der Waals surface area contributed by atoms with Crippen LogP contribution in [0, 0.1) is 22.7 Å². The lowest BCUT2D eigenvalue weighted by Crippen LogP contribution is -2.82. The molecule has 140 valence electrons. The van der Waals surface area contributed by atoms with E-state index < -0.39 is 5.54 Å². The molecule has 4 nitrogen and oxygen atoms in total. The number of likely N-dealkylation sites (tertiary alicyclic amines) is 1. The third-order valence-corrected chi connectivity index (χ3v) is 7.05. The maximum absolute atomic E-state index is 13.3. The molecule has 3 aliphatic rings. The van der Waals surface area contributed by atoms with Crippen molar-refractivity contribution in [3.05, 3.63) is 0 Å². The van der Waals surface area contributed by atoms with Crippen molar-refractivity contribution >= 4 is 18.3 Å². The maximum Gasteiger partial charge on any atom is 0.243 e. The normalized spacial score (nSPS) is 36.3. The van der Waals surface area contributed by atoms with Crippen molar-refractivity contribution in [2.24, 2.45) is 28.4 Å². The van der Waals surface area contributed by atoms with Gasteiger partial charge in [-0.15, -0.1) is 12.4 Å². The van der Waals surface area contributed by atoms with Crippen LogP contribution in [0.4, 0.5) is 0 Å². The molecule has 2 heterocycles. The molecule has 0 aromatic heterocycles. The summed E-state index contributed by atoms with van der Waals surface area (Å²) in [4.78, 5) is 15.3. The summed E-state index contributed by atoms with van der Waals surface area (Å²) in [6, 6.07) is 0. The number of piperidine rings is 1. The number of carbonyl (C=O) groups is 1. The topological polar surface area (TPSA) is 55.6 Å². The lowest BCUT2D eigenvalue weighted by atomic mass is 9.46. The zero-order chi connectivity index (χ0) is 17.0. The third-order valence-electron chi connectivity index (χ3n) is 7.05. The second-order valence-corrected chi connectivity index (χ2v) is 9.56. The standard InChI is InChI=1S/C19H34N2O2.ClH/c1-17(2,3)13-8-10-21(11-9-13)16(22)19(20)14-7-6-12-23-15(14)18(19,4)5;/h13-15H,6-12,20H2,1-5H3;1H. The minimum absolute atomic E-state index is 0. The lowest BCUT2D eigenvalue weighted by molar-refractivity contribution is -0.230. The van der Waals surface area contributed by atoms with Crippen LogP contribution in [0.1, 0.15) is 60.3 Å². The Morgan fingerprint density at radius 3 is 2.29 bits per heavy atom. The van der Waals surface area contributed by atoms with E-state index in [1.54, 1.807) is 0 Å². The van der Waals surface area contributed by atoms with Crippen molar-refractivity contribution in [3.63, 3.8) is 0 Å². The number of nitrogens with zero attached hydrogens (tertiary/aromatic N) is 1. The molecule has 5 heteroatoms. The Bertz CT molecular complexity index is 480. The van der Waals surface area contributed by atoms with Gasteiger partial charge in [-0.05, 0) is 37.0 Å². The van der Waals surface area contributed by atoms with E-state index in [1.807, 2.05) is 4.90 Å². The summed E-state index contributed by atoms with van der Waals surface area (Å²) in [5.74, 6) is 1.06. The number of hydrogen-bond acceptors (Lipinski definition) is 3. The molecule has 1 amide bonds. The SMILES string of the molecule is CC(C)(C)C1CCN(C(=O)C2(N)C3CCCOC3C2(C)C)CC1.Cl. The smallest absolute Gasteiger partial charge is 0.243 e. The van der Waals surface area contributed by atoms with E-state index >= 15 is 0 Å². The number of fused-ring (bicyclic) bond motifs is 1. The van der Waals surface area contributed by atoms with Crippen molar-refractivity contribution in [2.75, 3.05) is 19.7 Å². The van der Waals surface area contributed by atoms with E-state index in [1.165, 1.54) is 0 Å². The van der Waals surface area contributed by atoms with Crippen LogP contribution in [0.2, 0.25) is 0 Å². The van der Waals surface area contributed by atoms with Crippen LogP contribution in [-0.4, -0.2) is 42.1 Å². The number of amides is 1. The van der Waals surface area contributed by atoms with E-state index in [-0.39, 0.29) is 35.8 Å². The quantitative estimate of drug-likeness (QED) is 0.782. The molecule has 2 saturated heterocycles. The third kappa shape index (κ3) is 2.79. The Balaban J connectivity index is 0.00000208. The second kappa shape index (κ2) is 6.44. The molecule has 3 unspecified atom stereocenters. The fourth-order valence-electron chi connectivity index (χ4n) is 5.22. The second-order valence-electron chi connectivity index (χ2n) is 9.56. The van der Waals surface area contributed by atoms with Gasteiger partial charge < -0.3 is 15.4 Å². The highest BCUT2D eigenvalue weighted by atomic mass is 35.5. The van der Waals surface area contributed by atoms with Crippen molar-refractivity contribution in [3.8, 4) is 0 Å². The van der Waals surface area contributed by atoms with Gasteiger partial charge in [0, 0.05) is 31.0 Å². The molecular formula is C19H35ClN2O2. The van der Waals surface area contributed by atoms with E-state index in [0.717, 1.165) is 45.4 Å². The van der Waals surface area contributed by atoms with Crippen LogP contribution in [0.3, 0.4) is 0 Å². The highest BCUT2D eigenvalue weighted by Crippen LogP contribution is 2.58. The molecule has 0 aromatic carbocycles. The molecule has 1 saturated carbocycles. The molecule has 1 aliphatic carbocycles. The minimum atomic E-state index is -0.743. The number of carbonyl (C=O) groups excluding carboxylic acids is 1. The van der Waals surface area contributed by atoms with Gasteiger partial charge in [0.15, 0.2) is 0 Å². The van der Waals surface area contributed by atoms with E-state index in [0.29, 0.717) is 11.3 Å². The van der Waals surface area contributed by atoms with Gasteiger partial charge in [-0.3, -0.25) is 4.79 Å². The zero-order valence-corrected chi connectivity index (χ0v) is 16.7. The van der Waals surface area contributed by atoms with Crippen LogP contribution in [0.25, 0.3) is 0 Å². The average Bonchev–Trinajstić information content (AvgIpc) is 2.52. The maximum atomic E-state index is 13.3. The number of ether oxygens (including phenoxy) is 1. The summed E-state index contributed by atoms with van der Waals surface area (Å²) in [5.41, 5.74) is 6.07. The van der Waals surface area contributed by atoms with Gasteiger partial charge in [0.1, 0.15) is 5.54 Å².